The van der Waals surface area contributed by atoms with Crippen LogP contribution in [0.5, 0.6) is 0 Å². The Bertz CT molecular complexity index is 746. The quantitative estimate of drug-likeness (QED) is 0.589. The number of aldehydes is 1. The van der Waals surface area contributed by atoms with Crippen molar-refractivity contribution in [3.8, 4) is 0 Å². The van der Waals surface area contributed by atoms with Crippen LogP contribution in [0.25, 0.3) is 11.1 Å². The average molecular weight is 303 g/mol. The van der Waals surface area contributed by atoms with Crippen molar-refractivity contribution in [3.63, 3.8) is 0 Å². The number of H-pyrrole nitrogens is 1. The van der Waals surface area contributed by atoms with Crippen LogP contribution in [0, 0.1) is 13.8 Å². The molecule has 3 aromatic heterocycles. The Balaban J connectivity index is 0.000000188. The van der Waals surface area contributed by atoms with Crippen LogP contribution in [0.15, 0.2) is 33.1 Å². The summed E-state index contributed by atoms with van der Waals surface area (Å²) in [5, 5.41) is 0. The lowest BCUT2D eigenvalue weighted by Gasteiger charge is -1.96. The van der Waals surface area contributed by atoms with Gasteiger partial charge in [-0.3, -0.25) is 4.79 Å². The second-order valence-electron chi connectivity index (χ2n) is 4.60. The molecule has 3 aromatic rings. The first-order valence-electron chi connectivity index (χ1n) is 6.81. The summed E-state index contributed by atoms with van der Waals surface area (Å²) in [7, 11) is 0. The molecule has 0 saturated heterocycles. The minimum absolute atomic E-state index is 0.350. The van der Waals surface area contributed by atoms with Gasteiger partial charge in [0.15, 0.2) is 17.6 Å². The molecular formula is C16H17NO5. The van der Waals surface area contributed by atoms with Crippen LogP contribution >= 0.6 is 0 Å². The molecule has 0 saturated carbocycles. The van der Waals surface area contributed by atoms with Gasteiger partial charge >= 0.3 is 5.97 Å². The molecule has 0 aromatic carbocycles. The van der Waals surface area contributed by atoms with Crippen LogP contribution in [0.1, 0.15) is 39.5 Å². The number of nitrogens with one attached hydrogen (secondary N) is 1. The monoisotopic (exact) mass is 303 g/mol. The summed E-state index contributed by atoms with van der Waals surface area (Å²) in [5.74, 6) is 1.63. The highest BCUT2D eigenvalue weighted by Crippen LogP contribution is 2.19. The number of esters is 1. The summed E-state index contributed by atoms with van der Waals surface area (Å²) in [5.41, 5.74) is 1.94. The van der Waals surface area contributed by atoms with Crippen LogP contribution < -0.4 is 0 Å². The number of furan rings is 2. The number of fused-ring (bicyclic) bond motifs is 1. The van der Waals surface area contributed by atoms with Crippen molar-refractivity contribution in [3.05, 3.63) is 47.2 Å². The summed E-state index contributed by atoms with van der Waals surface area (Å²) in [6, 6.07) is 6.89. The van der Waals surface area contributed by atoms with Gasteiger partial charge in [-0.05, 0) is 32.9 Å². The molecule has 1 N–H and O–H groups in total. The first-order chi connectivity index (χ1) is 10.5. The fraction of sp³-hybridized carbons (Fsp3) is 0.250. The van der Waals surface area contributed by atoms with Crippen molar-refractivity contribution in [2.75, 3.05) is 6.61 Å². The lowest BCUT2D eigenvalue weighted by molar-refractivity contribution is 0.0520. The number of ether oxygens (including phenoxy) is 1. The lowest BCUT2D eigenvalue weighted by atomic mass is 10.4. The van der Waals surface area contributed by atoms with Crippen LogP contribution in [0.3, 0.4) is 0 Å². The Hall–Kier alpha value is -2.76. The molecular weight excluding hydrogens is 286 g/mol. The van der Waals surface area contributed by atoms with Crippen LogP contribution in [0.4, 0.5) is 0 Å². The molecule has 3 heterocycles. The fourth-order valence-corrected chi connectivity index (χ4v) is 1.88. The van der Waals surface area contributed by atoms with Crippen molar-refractivity contribution >= 4 is 23.4 Å². The molecule has 0 unspecified atom stereocenters. The maximum absolute atomic E-state index is 11.3. The minimum atomic E-state index is -0.350. The number of hydrogen-bond donors (Lipinski definition) is 1. The molecule has 0 aliphatic heterocycles. The van der Waals surface area contributed by atoms with Gasteiger partial charge in [-0.25, -0.2) is 4.79 Å². The predicted molar refractivity (Wildman–Crippen MR) is 80.1 cm³/mol. The number of aromatic amines is 1. The van der Waals surface area contributed by atoms with Crippen LogP contribution in [-0.4, -0.2) is 23.8 Å². The average Bonchev–Trinajstić information content (AvgIpc) is 3.14. The van der Waals surface area contributed by atoms with Crippen molar-refractivity contribution < 1.29 is 23.2 Å². The van der Waals surface area contributed by atoms with E-state index in [1.165, 1.54) is 0 Å². The van der Waals surface area contributed by atoms with E-state index in [2.05, 4.69) is 4.98 Å². The maximum atomic E-state index is 11.3. The maximum Gasteiger partial charge on any atom is 0.354 e. The Kier molecular flexibility index (Phi) is 4.83. The summed E-state index contributed by atoms with van der Waals surface area (Å²) in [6.45, 7) is 5.80. The van der Waals surface area contributed by atoms with Gasteiger partial charge in [0.05, 0.1) is 12.1 Å². The van der Waals surface area contributed by atoms with Crippen molar-refractivity contribution in [1.82, 2.24) is 4.98 Å². The number of aromatic nitrogens is 1. The number of hydrogen-bond acceptors (Lipinski definition) is 5. The zero-order valence-corrected chi connectivity index (χ0v) is 12.6. The molecule has 22 heavy (non-hydrogen) atoms. The van der Waals surface area contributed by atoms with Crippen molar-refractivity contribution in [1.29, 1.82) is 0 Å². The first-order valence-corrected chi connectivity index (χ1v) is 6.81. The Morgan fingerprint density at radius 1 is 1.23 bits per heavy atom. The molecule has 116 valence electrons. The summed E-state index contributed by atoms with van der Waals surface area (Å²) >= 11 is 0. The van der Waals surface area contributed by atoms with E-state index in [0.29, 0.717) is 29.9 Å². The predicted octanol–water partition coefficient (Wildman–Crippen LogP) is 3.65. The summed E-state index contributed by atoms with van der Waals surface area (Å²) < 4.78 is 15.0. The smallest absolute Gasteiger partial charge is 0.354 e. The zero-order chi connectivity index (χ0) is 16.1. The van der Waals surface area contributed by atoms with E-state index in [4.69, 9.17) is 13.6 Å². The van der Waals surface area contributed by atoms with E-state index in [1.807, 2.05) is 13.0 Å². The van der Waals surface area contributed by atoms with E-state index in [9.17, 15) is 9.59 Å². The molecule has 3 rings (SSSR count). The SMILES string of the molecule is CCOC(=O)c1cc2oc(C)cc2[nH]1.Cc1ccc(C=O)o1. The number of aryl methyl sites for hydroxylation is 2. The first kappa shape index (κ1) is 15.6. The molecule has 0 atom stereocenters. The molecule has 0 radical (unpaired) electrons. The van der Waals surface area contributed by atoms with Gasteiger partial charge in [-0.2, -0.15) is 0 Å². The van der Waals surface area contributed by atoms with Gasteiger partial charge in [-0.15, -0.1) is 0 Å². The summed E-state index contributed by atoms with van der Waals surface area (Å²) in [4.78, 5) is 24.2. The molecule has 6 heteroatoms. The largest absolute Gasteiger partial charge is 0.461 e. The molecule has 0 amide bonds. The molecule has 0 fully saturated rings. The van der Waals surface area contributed by atoms with Crippen LogP contribution in [-0.2, 0) is 4.74 Å². The zero-order valence-electron chi connectivity index (χ0n) is 12.6. The standard InChI is InChI=1S/C10H11NO3.C6H6O2/c1-3-13-10(12)8-5-9-7(11-8)4-6(2)14-9;1-5-2-3-6(4-7)8-5/h4-5,11H,3H2,1-2H3;2-4H,1H3. The topological polar surface area (TPSA) is 85.4 Å². The Labute approximate surface area is 127 Å². The normalized spacial score (nSPS) is 10.1. The third-order valence-electron chi connectivity index (χ3n) is 2.80. The van der Waals surface area contributed by atoms with E-state index in [0.717, 1.165) is 17.0 Å². The molecule has 0 spiro atoms. The van der Waals surface area contributed by atoms with Gasteiger partial charge < -0.3 is 18.6 Å². The number of carbonyl (C=O) groups is 2. The second kappa shape index (κ2) is 6.80. The van der Waals surface area contributed by atoms with E-state index in [1.54, 1.807) is 32.0 Å². The highest BCUT2D eigenvalue weighted by Gasteiger charge is 2.12. The van der Waals surface area contributed by atoms with Crippen molar-refractivity contribution in [2.45, 2.75) is 20.8 Å². The molecule has 6 nitrogen and oxygen atoms in total. The fourth-order valence-electron chi connectivity index (χ4n) is 1.88. The summed E-state index contributed by atoms with van der Waals surface area (Å²) in [6.07, 6.45) is 0.688. The lowest BCUT2D eigenvalue weighted by Crippen LogP contribution is -2.04. The third-order valence-corrected chi connectivity index (χ3v) is 2.80. The second-order valence-corrected chi connectivity index (χ2v) is 4.60. The number of rotatable bonds is 3. The van der Waals surface area contributed by atoms with E-state index < -0.39 is 0 Å². The third kappa shape index (κ3) is 3.66. The molecule has 0 aliphatic rings. The van der Waals surface area contributed by atoms with Gasteiger partial charge in [-0.1, -0.05) is 0 Å². The molecule has 0 bridgehead atoms. The molecule has 0 aliphatic carbocycles. The Morgan fingerprint density at radius 2 is 2.00 bits per heavy atom. The Morgan fingerprint density at radius 3 is 2.50 bits per heavy atom. The minimum Gasteiger partial charge on any atom is -0.461 e. The van der Waals surface area contributed by atoms with Gasteiger partial charge in [0.25, 0.3) is 0 Å². The van der Waals surface area contributed by atoms with Gasteiger partial charge in [0, 0.05) is 12.1 Å². The van der Waals surface area contributed by atoms with Crippen LogP contribution in [0.2, 0.25) is 0 Å². The highest BCUT2D eigenvalue weighted by molar-refractivity contribution is 5.93. The van der Waals surface area contributed by atoms with E-state index in [-0.39, 0.29) is 5.97 Å². The van der Waals surface area contributed by atoms with Crippen molar-refractivity contribution in [2.24, 2.45) is 0 Å². The number of carbonyl (C=O) groups excluding carboxylic acids is 2. The highest BCUT2D eigenvalue weighted by atomic mass is 16.5. The van der Waals surface area contributed by atoms with Gasteiger partial charge in [0.2, 0.25) is 0 Å². The van der Waals surface area contributed by atoms with Gasteiger partial charge in [0.1, 0.15) is 17.2 Å². The van der Waals surface area contributed by atoms with E-state index >= 15 is 0 Å².